The summed E-state index contributed by atoms with van der Waals surface area (Å²) >= 11 is 12.1. The van der Waals surface area contributed by atoms with E-state index in [1.165, 1.54) is 0 Å². The van der Waals surface area contributed by atoms with E-state index in [-0.39, 0.29) is 0 Å². The molecule has 72 valence electrons. The van der Waals surface area contributed by atoms with Gasteiger partial charge in [0.1, 0.15) is 0 Å². The molecule has 0 radical (unpaired) electrons. The van der Waals surface area contributed by atoms with Crippen LogP contribution in [0.2, 0.25) is 0 Å². The molecule has 0 bridgehead atoms. The minimum Gasteiger partial charge on any atom is -0.252 e. The van der Waals surface area contributed by atoms with E-state index < -0.39 is 5.91 Å². The van der Waals surface area contributed by atoms with Crippen molar-refractivity contribution in [2.75, 3.05) is 14.1 Å². The van der Waals surface area contributed by atoms with Crippen LogP contribution in [0.15, 0.2) is 35.1 Å². The maximum Gasteiger partial charge on any atom is 0.209 e. The third-order valence-electron chi connectivity index (χ3n) is 1.47. The van der Waals surface area contributed by atoms with E-state index in [9.17, 15) is 0 Å². The molecule has 0 saturated carbocycles. The van der Waals surface area contributed by atoms with E-state index in [1.54, 1.807) is 4.67 Å². The van der Waals surface area contributed by atoms with Crippen molar-refractivity contribution in [3.63, 3.8) is 0 Å². The first-order valence-electron chi connectivity index (χ1n) is 3.77. The topological polar surface area (TPSA) is 15.6 Å². The minimum absolute atomic E-state index is 0.814. The van der Waals surface area contributed by atoms with Crippen LogP contribution in [-0.2, 0) is 0 Å². The van der Waals surface area contributed by atoms with Gasteiger partial charge in [0.05, 0.1) is 5.69 Å². The lowest BCUT2D eigenvalue weighted by molar-refractivity contribution is 0.689. The van der Waals surface area contributed by atoms with Gasteiger partial charge in [-0.3, -0.25) is 4.67 Å². The second kappa shape index (κ2) is 4.47. The van der Waals surface area contributed by atoms with Crippen LogP contribution in [0.3, 0.4) is 0 Å². The highest BCUT2D eigenvalue weighted by atomic mass is 35.9. The molecule has 5 heteroatoms. The summed E-state index contributed by atoms with van der Waals surface area (Å²) in [7, 11) is 3.64. The Morgan fingerprint density at radius 1 is 1.15 bits per heavy atom. The third-order valence-corrected chi connectivity index (χ3v) is 5.18. The van der Waals surface area contributed by atoms with Gasteiger partial charge in [0, 0.05) is 0 Å². The van der Waals surface area contributed by atoms with Crippen molar-refractivity contribution in [1.29, 1.82) is 0 Å². The number of rotatable bonds is 2. The largest absolute Gasteiger partial charge is 0.252 e. The molecular weight excluding hydrogens is 226 g/mol. The summed E-state index contributed by atoms with van der Waals surface area (Å²) in [6.07, 6.45) is 0. The lowest BCUT2D eigenvalue weighted by Crippen LogP contribution is -1.99. The lowest BCUT2D eigenvalue weighted by atomic mass is 10.3. The standard InChI is InChI=1S/C8H11Cl2N2P/c1-12(2)13(9,10)11-8-6-4-3-5-7-8/h3-7H,1-2H3. The van der Waals surface area contributed by atoms with Crippen LogP contribution >= 0.6 is 28.4 Å². The van der Waals surface area contributed by atoms with Crippen LogP contribution in [0.5, 0.6) is 0 Å². The first kappa shape index (κ1) is 11.1. The van der Waals surface area contributed by atoms with Crippen LogP contribution in [0, 0.1) is 0 Å². The molecule has 0 aliphatic carbocycles. The van der Waals surface area contributed by atoms with Crippen molar-refractivity contribution in [2.45, 2.75) is 0 Å². The number of hydrogen-bond donors (Lipinski definition) is 0. The predicted molar refractivity (Wildman–Crippen MR) is 60.8 cm³/mol. The molecule has 13 heavy (non-hydrogen) atoms. The van der Waals surface area contributed by atoms with Crippen molar-refractivity contribution >= 4 is 34.1 Å². The highest BCUT2D eigenvalue weighted by Gasteiger charge is 2.14. The van der Waals surface area contributed by atoms with E-state index in [1.807, 2.05) is 44.4 Å². The molecule has 0 aliphatic heterocycles. The first-order valence-corrected chi connectivity index (χ1v) is 7.27. The molecule has 0 amide bonds. The molecule has 1 rings (SSSR count). The summed E-state index contributed by atoms with van der Waals surface area (Å²) < 4.78 is 6.00. The predicted octanol–water partition coefficient (Wildman–Crippen LogP) is 4.30. The normalized spacial score (nSPS) is 11.8. The van der Waals surface area contributed by atoms with Gasteiger partial charge in [-0.15, -0.1) is 0 Å². The lowest BCUT2D eigenvalue weighted by Gasteiger charge is -2.16. The molecule has 0 aliphatic rings. The Balaban J connectivity index is 3.01. The third kappa shape index (κ3) is 3.32. The molecule has 0 aromatic heterocycles. The van der Waals surface area contributed by atoms with Gasteiger partial charge in [0.15, 0.2) is 0 Å². The number of halogens is 2. The van der Waals surface area contributed by atoms with Gasteiger partial charge in [0.2, 0.25) is 5.91 Å². The highest BCUT2D eigenvalue weighted by molar-refractivity contribution is 8.08. The van der Waals surface area contributed by atoms with Crippen LogP contribution < -0.4 is 0 Å². The summed E-state index contributed by atoms with van der Waals surface area (Å²) in [5.74, 6) is -2.33. The highest BCUT2D eigenvalue weighted by Crippen LogP contribution is 2.63. The van der Waals surface area contributed by atoms with Crippen LogP contribution in [0.25, 0.3) is 0 Å². The second-order valence-electron chi connectivity index (χ2n) is 2.74. The Kier molecular flexibility index (Phi) is 3.81. The van der Waals surface area contributed by atoms with Crippen LogP contribution in [0.1, 0.15) is 0 Å². The molecule has 0 saturated heterocycles. The van der Waals surface area contributed by atoms with Gasteiger partial charge >= 0.3 is 0 Å². The van der Waals surface area contributed by atoms with Gasteiger partial charge in [-0.2, -0.15) is 0 Å². The van der Waals surface area contributed by atoms with Gasteiger partial charge in [0.25, 0.3) is 0 Å². The fourth-order valence-corrected chi connectivity index (χ4v) is 1.84. The van der Waals surface area contributed by atoms with E-state index in [2.05, 4.69) is 4.74 Å². The molecular formula is C8H11Cl2N2P. The van der Waals surface area contributed by atoms with Gasteiger partial charge in [-0.25, -0.2) is 4.74 Å². The second-order valence-corrected chi connectivity index (χ2v) is 8.00. The molecule has 0 fully saturated rings. The Bertz CT molecular complexity index is 318. The van der Waals surface area contributed by atoms with E-state index >= 15 is 0 Å². The summed E-state index contributed by atoms with van der Waals surface area (Å²) in [6, 6.07) is 9.49. The van der Waals surface area contributed by atoms with Crippen LogP contribution in [-0.4, -0.2) is 18.8 Å². The maximum absolute atomic E-state index is 6.04. The SMILES string of the molecule is CN(C)P(Cl)(Cl)=Nc1ccccc1. The minimum atomic E-state index is -2.33. The zero-order chi connectivity index (χ0) is 9.90. The fraction of sp³-hybridized carbons (Fsp3) is 0.250. The molecule has 1 aromatic rings. The van der Waals surface area contributed by atoms with Crippen molar-refractivity contribution in [3.8, 4) is 0 Å². The van der Waals surface area contributed by atoms with E-state index in [0.717, 1.165) is 5.69 Å². The molecule has 0 unspecified atom stereocenters. The molecule has 0 spiro atoms. The zero-order valence-electron chi connectivity index (χ0n) is 7.48. The Hall–Kier alpha value is -0.0100. The van der Waals surface area contributed by atoms with E-state index in [4.69, 9.17) is 22.5 Å². The van der Waals surface area contributed by atoms with E-state index in [0.29, 0.717) is 0 Å². The molecule has 0 N–H and O–H groups in total. The fourth-order valence-electron chi connectivity index (χ4n) is 0.723. The summed E-state index contributed by atoms with van der Waals surface area (Å²) in [4.78, 5) is 0. The van der Waals surface area contributed by atoms with Crippen molar-refractivity contribution in [3.05, 3.63) is 30.3 Å². The Labute approximate surface area is 88.2 Å². The first-order chi connectivity index (χ1) is 6.02. The molecule has 2 nitrogen and oxygen atoms in total. The quantitative estimate of drug-likeness (QED) is 0.700. The monoisotopic (exact) mass is 236 g/mol. The van der Waals surface area contributed by atoms with Crippen molar-refractivity contribution in [2.24, 2.45) is 4.74 Å². The number of hydrogen-bond acceptors (Lipinski definition) is 1. The smallest absolute Gasteiger partial charge is 0.209 e. The average molecular weight is 237 g/mol. The van der Waals surface area contributed by atoms with Crippen molar-refractivity contribution < 1.29 is 0 Å². The summed E-state index contributed by atoms with van der Waals surface area (Å²) in [6.45, 7) is 0. The van der Waals surface area contributed by atoms with Crippen molar-refractivity contribution in [1.82, 2.24) is 4.67 Å². The van der Waals surface area contributed by atoms with Gasteiger partial charge in [-0.1, -0.05) is 18.2 Å². The number of nitrogens with zero attached hydrogens (tertiary/aromatic N) is 2. The molecule has 0 atom stereocenters. The molecule has 1 aromatic carbocycles. The maximum atomic E-state index is 6.04. The summed E-state index contributed by atoms with van der Waals surface area (Å²) in [5.41, 5.74) is 0.814. The van der Waals surface area contributed by atoms with Gasteiger partial charge < -0.3 is 0 Å². The average Bonchev–Trinajstić information content (AvgIpc) is 2.05. The Morgan fingerprint density at radius 3 is 2.15 bits per heavy atom. The molecule has 0 heterocycles. The Morgan fingerprint density at radius 2 is 1.69 bits per heavy atom. The zero-order valence-corrected chi connectivity index (χ0v) is 9.89. The summed E-state index contributed by atoms with van der Waals surface area (Å²) in [5, 5.41) is 0. The number of benzene rings is 1. The van der Waals surface area contributed by atoms with Gasteiger partial charge in [-0.05, 0) is 48.7 Å². The van der Waals surface area contributed by atoms with Crippen LogP contribution in [0.4, 0.5) is 5.69 Å².